The predicted molar refractivity (Wildman–Crippen MR) is 72.6 cm³/mol. The molecule has 0 saturated carbocycles. The van der Waals surface area contributed by atoms with Gasteiger partial charge in [0.05, 0.1) is 5.92 Å². The molecule has 0 spiro atoms. The minimum atomic E-state index is -0.712. The van der Waals surface area contributed by atoms with Crippen LogP contribution >= 0.6 is 0 Å². The van der Waals surface area contributed by atoms with Crippen molar-refractivity contribution in [2.45, 2.75) is 26.7 Å². The SMILES string of the molecule is CCC1C(c2ccc([O-])cc2)=CCC(C(=O)O)C1C.[Na+]. The van der Waals surface area contributed by atoms with Gasteiger partial charge in [-0.1, -0.05) is 44.2 Å². The number of hydrogen-bond acceptors (Lipinski definition) is 2. The van der Waals surface area contributed by atoms with Gasteiger partial charge < -0.3 is 10.2 Å². The van der Waals surface area contributed by atoms with E-state index in [9.17, 15) is 15.0 Å². The first-order chi connectivity index (χ1) is 9.04. The molecule has 0 radical (unpaired) electrons. The van der Waals surface area contributed by atoms with Crippen LogP contribution in [0.1, 0.15) is 32.3 Å². The van der Waals surface area contributed by atoms with Gasteiger partial charge in [0.2, 0.25) is 0 Å². The van der Waals surface area contributed by atoms with Crippen LogP contribution in [0.5, 0.6) is 5.75 Å². The molecule has 0 fully saturated rings. The second kappa shape index (κ2) is 7.30. The fourth-order valence-corrected chi connectivity index (χ4v) is 3.08. The molecule has 0 heterocycles. The van der Waals surface area contributed by atoms with Gasteiger partial charge in [0.25, 0.3) is 0 Å². The van der Waals surface area contributed by atoms with E-state index in [1.165, 1.54) is 5.57 Å². The van der Waals surface area contributed by atoms with Crippen LogP contribution in [-0.4, -0.2) is 11.1 Å². The summed E-state index contributed by atoms with van der Waals surface area (Å²) in [4.78, 5) is 11.2. The molecule has 0 aromatic heterocycles. The molecule has 3 atom stereocenters. The Hall–Kier alpha value is -0.770. The number of carboxylic acid groups (broad SMARTS) is 1. The van der Waals surface area contributed by atoms with E-state index in [0.29, 0.717) is 6.42 Å². The van der Waals surface area contributed by atoms with Gasteiger partial charge in [-0.15, -0.1) is 5.75 Å². The van der Waals surface area contributed by atoms with E-state index in [1.807, 2.05) is 25.1 Å². The van der Waals surface area contributed by atoms with Gasteiger partial charge in [0.15, 0.2) is 0 Å². The summed E-state index contributed by atoms with van der Waals surface area (Å²) in [6.45, 7) is 4.10. The van der Waals surface area contributed by atoms with Crippen molar-refractivity contribution < 1.29 is 44.6 Å². The summed E-state index contributed by atoms with van der Waals surface area (Å²) in [6, 6.07) is 6.81. The minimum Gasteiger partial charge on any atom is -0.872 e. The third-order valence-electron chi connectivity index (χ3n) is 4.21. The number of rotatable bonds is 3. The molecule has 3 nitrogen and oxygen atoms in total. The van der Waals surface area contributed by atoms with Gasteiger partial charge in [-0.2, -0.15) is 0 Å². The molecule has 0 bridgehead atoms. The number of carbonyl (C=O) groups is 1. The van der Waals surface area contributed by atoms with Crippen molar-refractivity contribution in [1.29, 1.82) is 0 Å². The largest absolute Gasteiger partial charge is 1.00 e. The van der Waals surface area contributed by atoms with Crippen molar-refractivity contribution in [1.82, 2.24) is 0 Å². The monoisotopic (exact) mass is 282 g/mol. The predicted octanol–water partition coefficient (Wildman–Crippen LogP) is -0.0856. The average Bonchev–Trinajstić information content (AvgIpc) is 2.38. The topological polar surface area (TPSA) is 60.4 Å². The first kappa shape index (κ1) is 17.3. The van der Waals surface area contributed by atoms with Crippen LogP contribution in [0.15, 0.2) is 30.3 Å². The van der Waals surface area contributed by atoms with E-state index < -0.39 is 5.97 Å². The molecule has 1 aromatic rings. The van der Waals surface area contributed by atoms with Crippen LogP contribution in [0, 0.1) is 17.8 Å². The van der Waals surface area contributed by atoms with E-state index in [2.05, 4.69) is 6.92 Å². The van der Waals surface area contributed by atoms with E-state index in [4.69, 9.17) is 0 Å². The summed E-state index contributed by atoms with van der Waals surface area (Å²) in [5.41, 5.74) is 2.23. The molecule has 1 aromatic carbocycles. The fraction of sp³-hybridized carbons (Fsp3) is 0.438. The Morgan fingerprint density at radius 3 is 2.45 bits per heavy atom. The zero-order chi connectivity index (χ0) is 14.0. The van der Waals surface area contributed by atoms with Crippen LogP contribution in [-0.2, 0) is 4.79 Å². The zero-order valence-corrected chi connectivity index (χ0v) is 14.3. The average molecular weight is 282 g/mol. The summed E-state index contributed by atoms with van der Waals surface area (Å²) >= 11 is 0. The normalized spacial score (nSPS) is 25.5. The molecule has 102 valence electrons. The Morgan fingerprint density at radius 2 is 1.95 bits per heavy atom. The quantitative estimate of drug-likeness (QED) is 0.789. The number of allylic oxidation sites excluding steroid dienone is 2. The Bertz CT molecular complexity index is 493. The maximum atomic E-state index is 11.2. The summed E-state index contributed by atoms with van der Waals surface area (Å²) in [5, 5.41) is 20.4. The molecule has 3 unspecified atom stereocenters. The van der Waals surface area contributed by atoms with Crippen molar-refractivity contribution in [3.63, 3.8) is 0 Å². The fourth-order valence-electron chi connectivity index (χ4n) is 3.08. The number of carboxylic acids is 1. The molecule has 0 saturated heterocycles. The van der Waals surface area contributed by atoms with Crippen LogP contribution in [0.25, 0.3) is 5.57 Å². The van der Waals surface area contributed by atoms with Gasteiger partial charge in [0.1, 0.15) is 0 Å². The Labute approximate surface area is 142 Å². The second-order valence-electron chi connectivity index (χ2n) is 5.24. The zero-order valence-electron chi connectivity index (χ0n) is 12.3. The van der Waals surface area contributed by atoms with Gasteiger partial charge >= 0.3 is 35.5 Å². The maximum absolute atomic E-state index is 11.2. The third-order valence-corrected chi connectivity index (χ3v) is 4.21. The van der Waals surface area contributed by atoms with Gasteiger partial charge in [-0.3, -0.25) is 4.79 Å². The smallest absolute Gasteiger partial charge is 0.872 e. The summed E-state index contributed by atoms with van der Waals surface area (Å²) in [6.07, 6.45) is 3.52. The summed E-state index contributed by atoms with van der Waals surface area (Å²) in [7, 11) is 0. The maximum Gasteiger partial charge on any atom is 1.00 e. The molecule has 4 heteroatoms. The van der Waals surface area contributed by atoms with Gasteiger partial charge in [-0.05, 0) is 35.8 Å². The van der Waals surface area contributed by atoms with E-state index >= 15 is 0 Å². The number of benzene rings is 1. The van der Waals surface area contributed by atoms with E-state index in [-0.39, 0.29) is 53.1 Å². The van der Waals surface area contributed by atoms with E-state index in [1.54, 1.807) is 12.1 Å². The molecule has 1 aliphatic carbocycles. The molecule has 20 heavy (non-hydrogen) atoms. The Morgan fingerprint density at radius 1 is 1.35 bits per heavy atom. The second-order valence-corrected chi connectivity index (χ2v) is 5.24. The van der Waals surface area contributed by atoms with Crippen LogP contribution in [0.2, 0.25) is 0 Å². The van der Waals surface area contributed by atoms with Crippen LogP contribution in [0.4, 0.5) is 0 Å². The molecular formula is C16H19NaO3. The molecule has 0 aliphatic heterocycles. The van der Waals surface area contributed by atoms with Crippen molar-refractivity contribution in [2.75, 3.05) is 0 Å². The Balaban J connectivity index is 0.00000200. The molecule has 0 amide bonds. The Kier molecular flexibility index (Phi) is 6.31. The van der Waals surface area contributed by atoms with Gasteiger partial charge in [0, 0.05) is 0 Å². The van der Waals surface area contributed by atoms with Gasteiger partial charge in [-0.25, -0.2) is 0 Å². The van der Waals surface area contributed by atoms with Crippen LogP contribution < -0.4 is 34.7 Å². The number of hydrogen-bond donors (Lipinski definition) is 1. The molecule has 1 aliphatic rings. The van der Waals surface area contributed by atoms with Crippen molar-refractivity contribution in [3.05, 3.63) is 35.9 Å². The first-order valence-electron chi connectivity index (χ1n) is 6.75. The van der Waals surface area contributed by atoms with Crippen molar-refractivity contribution in [3.8, 4) is 5.75 Å². The standard InChI is InChI=1S/C16H20O3.Na/c1-3-13-10(2)14(16(18)19)8-9-15(13)11-4-6-12(17)7-5-11;/h4-7,9-10,13-14,17H,3,8H2,1-2H3,(H,18,19);/q;+1/p-1. The molecular weight excluding hydrogens is 263 g/mol. The third kappa shape index (κ3) is 3.46. The molecule has 1 N–H and O–H groups in total. The summed E-state index contributed by atoms with van der Waals surface area (Å²) in [5.74, 6) is -0.643. The first-order valence-corrected chi connectivity index (χ1v) is 6.75. The van der Waals surface area contributed by atoms with Crippen molar-refractivity contribution in [2.24, 2.45) is 17.8 Å². The molecule has 2 rings (SSSR count). The van der Waals surface area contributed by atoms with E-state index in [0.717, 1.165) is 12.0 Å². The summed E-state index contributed by atoms with van der Waals surface area (Å²) < 4.78 is 0. The van der Waals surface area contributed by atoms with Crippen molar-refractivity contribution >= 4 is 11.5 Å². The number of aliphatic carboxylic acids is 1. The minimum absolute atomic E-state index is 0. The van der Waals surface area contributed by atoms with Crippen LogP contribution in [0.3, 0.4) is 0 Å².